The second-order valence-electron chi connectivity index (χ2n) is 8.36. The number of amides is 1. The van der Waals surface area contributed by atoms with Gasteiger partial charge in [-0.1, -0.05) is 22.8 Å². The maximum Gasteiger partial charge on any atom is 0.241 e. The molecule has 4 rings (SSSR count). The van der Waals surface area contributed by atoms with Gasteiger partial charge in [0, 0.05) is 29.9 Å². The molecule has 1 amide bonds. The van der Waals surface area contributed by atoms with Gasteiger partial charge in [0.2, 0.25) is 27.6 Å². The fraction of sp³-hybridized carbons (Fsp3) is 0.348. The number of carbonyl (C=O) groups is 1. The molecule has 1 saturated heterocycles. The van der Waals surface area contributed by atoms with Crippen molar-refractivity contribution < 1.29 is 17.7 Å². The number of anilines is 2. The van der Waals surface area contributed by atoms with Crippen LogP contribution in [0.3, 0.4) is 0 Å². The van der Waals surface area contributed by atoms with Gasteiger partial charge in [0.1, 0.15) is 0 Å². The molecular weight excluding hydrogens is 478 g/mol. The van der Waals surface area contributed by atoms with Crippen molar-refractivity contribution in [2.24, 2.45) is 5.92 Å². The number of carbonyl (C=O) groups excluding carboxylic acids is 1. The first-order valence-corrected chi connectivity index (χ1v) is 13.1. The Morgan fingerprint density at radius 3 is 2.76 bits per heavy atom. The maximum atomic E-state index is 12.9. The molecule has 0 spiro atoms. The predicted molar refractivity (Wildman–Crippen MR) is 131 cm³/mol. The number of likely N-dealkylation sites (tertiary alicyclic amines) is 1. The zero-order valence-corrected chi connectivity index (χ0v) is 20.5. The van der Waals surface area contributed by atoms with Gasteiger partial charge >= 0.3 is 0 Å². The molecule has 1 unspecified atom stereocenters. The summed E-state index contributed by atoms with van der Waals surface area (Å²) in [6.07, 6.45) is 2.77. The second kappa shape index (κ2) is 10.1. The van der Waals surface area contributed by atoms with E-state index in [0.717, 1.165) is 31.2 Å². The SMILES string of the molecule is CN(c1cccc(NC(=O)C2CCCN(Cc3nc(-c4ccc(Cl)cc4)no3)C2)c1)S(C)(=O)=O. The first-order valence-electron chi connectivity index (χ1n) is 10.8. The summed E-state index contributed by atoms with van der Waals surface area (Å²) < 4.78 is 30.2. The molecule has 180 valence electrons. The van der Waals surface area contributed by atoms with Crippen LogP contribution in [0, 0.1) is 5.92 Å². The minimum Gasteiger partial charge on any atom is -0.338 e. The van der Waals surface area contributed by atoms with Crippen LogP contribution in [0.5, 0.6) is 0 Å². The van der Waals surface area contributed by atoms with Crippen molar-refractivity contribution in [3.63, 3.8) is 0 Å². The Hall–Kier alpha value is -2.95. The minimum atomic E-state index is -3.39. The molecule has 9 nitrogen and oxygen atoms in total. The summed E-state index contributed by atoms with van der Waals surface area (Å²) in [7, 11) is -1.91. The molecule has 1 aliphatic heterocycles. The molecule has 1 fully saturated rings. The standard InChI is InChI=1S/C23H26ClN5O4S/c1-28(34(2,31)32)20-7-3-6-19(13-20)25-23(30)17-5-4-12-29(14-17)15-21-26-22(27-33-21)16-8-10-18(24)11-9-16/h3,6-11,13,17H,4-5,12,14-15H2,1-2H3,(H,25,30). The van der Waals surface area contributed by atoms with Crippen molar-refractivity contribution in [2.45, 2.75) is 19.4 Å². The highest BCUT2D eigenvalue weighted by atomic mass is 35.5. The Morgan fingerprint density at radius 1 is 1.26 bits per heavy atom. The summed E-state index contributed by atoms with van der Waals surface area (Å²) in [5, 5.41) is 7.61. The quantitative estimate of drug-likeness (QED) is 0.524. The average molecular weight is 504 g/mol. The highest BCUT2D eigenvalue weighted by molar-refractivity contribution is 7.92. The number of benzene rings is 2. The van der Waals surface area contributed by atoms with Gasteiger partial charge in [0.25, 0.3) is 0 Å². The van der Waals surface area contributed by atoms with E-state index < -0.39 is 10.0 Å². The predicted octanol–water partition coefficient (Wildman–Crippen LogP) is 3.64. The molecule has 1 aliphatic rings. The Bertz CT molecular complexity index is 1260. The summed E-state index contributed by atoms with van der Waals surface area (Å²) >= 11 is 5.93. The lowest BCUT2D eigenvalue weighted by Gasteiger charge is -2.31. The minimum absolute atomic E-state index is 0.101. The van der Waals surface area contributed by atoms with Gasteiger partial charge in [0.15, 0.2) is 0 Å². The van der Waals surface area contributed by atoms with Crippen molar-refractivity contribution in [1.82, 2.24) is 15.0 Å². The van der Waals surface area contributed by atoms with Crippen LogP contribution in [0.15, 0.2) is 53.1 Å². The number of sulfonamides is 1. The summed E-state index contributed by atoms with van der Waals surface area (Å²) in [6.45, 7) is 1.85. The topological polar surface area (TPSA) is 109 Å². The summed E-state index contributed by atoms with van der Waals surface area (Å²) in [5.41, 5.74) is 1.86. The number of piperidine rings is 1. The smallest absolute Gasteiger partial charge is 0.241 e. The highest BCUT2D eigenvalue weighted by Gasteiger charge is 2.27. The molecule has 0 radical (unpaired) electrons. The van der Waals surface area contributed by atoms with Gasteiger partial charge in [-0.3, -0.25) is 14.0 Å². The fourth-order valence-corrected chi connectivity index (χ4v) is 4.48. The second-order valence-corrected chi connectivity index (χ2v) is 10.8. The van der Waals surface area contributed by atoms with E-state index in [4.69, 9.17) is 16.1 Å². The Kier molecular flexibility index (Phi) is 7.20. The average Bonchev–Trinajstić information content (AvgIpc) is 3.27. The van der Waals surface area contributed by atoms with Crippen LogP contribution >= 0.6 is 11.6 Å². The van der Waals surface area contributed by atoms with Crippen LogP contribution in [-0.2, 0) is 21.4 Å². The largest absolute Gasteiger partial charge is 0.338 e. The van der Waals surface area contributed by atoms with E-state index in [1.807, 2.05) is 12.1 Å². The number of nitrogens with zero attached hydrogens (tertiary/aromatic N) is 4. The van der Waals surface area contributed by atoms with Crippen molar-refractivity contribution in [2.75, 3.05) is 36.0 Å². The summed E-state index contributed by atoms with van der Waals surface area (Å²) in [6, 6.07) is 14.0. The van der Waals surface area contributed by atoms with Crippen molar-refractivity contribution in [1.29, 1.82) is 0 Å². The van der Waals surface area contributed by atoms with E-state index in [9.17, 15) is 13.2 Å². The molecule has 1 atom stereocenters. The van der Waals surface area contributed by atoms with Gasteiger partial charge in [-0.15, -0.1) is 0 Å². The van der Waals surface area contributed by atoms with Gasteiger partial charge < -0.3 is 9.84 Å². The number of rotatable bonds is 7. The first kappa shape index (κ1) is 24.2. The number of hydrogen-bond donors (Lipinski definition) is 1. The first-order chi connectivity index (χ1) is 16.2. The van der Waals surface area contributed by atoms with Crippen LogP contribution in [0.1, 0.15) is 18.7 Å². The Morgan fingerprint density at radius 2 is 2.03 bits per heavy atom. The van der Waals surface area contributed by atoms with Crippen molar-refractivity contribution in [3.8, 4) is 11.4 Å². The molecule has 3 aromatic rings. The normalized spacial score (nSPS) is 16.9. The van der Waals surface area contributed by atoms with E-state index in [1.165, 1.54) is 11.4 Å². The van der Waals surface area contributed by atoms with E-state index in [2.05, 4.69) is 20.4 Å². The fourth-order valence-electron chi connectivity index (χ4n) is 3.86. The van der Waals surface area contributed by atoms with Crippen LogP contribution < -0.4 is 9.62 Å². The number of halogens is 1. The van der Waals surface area contributed by atoms with Gasteiger partial charge in [-0.05, 0) is 61.9 Å². The van der Waals surface area contributed by atoms with Crippen LogP contribution in [0.25, 0.3) is 11.4 Å². The number of nitrogens with one attached hydrogen (secondary N) is 1. The molecule has 0 bridgehead atoms. The van der Waals surface area contributed by atoms with Crippen LogP contribution in [0.4, 0.5) is 11.4 Å². The lowest BCUT2D eigenvalue weighted by molar-refractivity contribution is -0.121. The molecule has 11 heteroatoms. The lowest BCUT2D eigenvalue weighted by atomic mass is 9.97. The molecule has 0 aliphatic carbocycles. The molecule has 2 aromatic carbocycles. The molecule has 2 heterocycles. The molecule has 34 heavy (non-hydrogen) atoms. The number of hydrogen-bond acceptors (Lipinski definition) is 7. The van der Waals surface area contributed by atoms with Crippen LogP contribution in [0.2, 0.25) is 5.02 Å². The van der Waals surface area contributed by atoms with E-state index >= 15 is 0 Å². The zero-order valence-electron chi connectivity index (χ0n) is 18.9. The van der Waals surface area contributed by atoms with E-state index in [0.29, 0.717) is 41.2 Å². The molecule has 0 saturated carbocycles. The van der Waals surface area contributed by atoms with Gasteiger partial charge in [0.05, 0.1) is 24.4 Å². The lowest BCUT2D eigenvalue weighted by Crippen LogP contribution is -2.40. The third-order valence-corrected chi connectivity index (χ3v) is 7.24. The summed E-state index contributed by atoms with van der Waals surface area (Å²) in [4.78, 5) is 19.5. The van der Waals surface area contributed by atoms with E-state index in [-0.39, 0.29) is 11.8 Å². The van der Waals surface area contributed by atoms with Gasteiger partial charge in [-0.25, -0.2) is 8.42 Å². The Labute approximate surface area is 203 Å². The van der Waals surface area contributed by atoms with Crippen molar-refractivity contribution >= 4 is 38.9 Å². The third kappa shape index (κ3) is 5.94. The number of aromatic nitrogens is 2. The molecule has 1 N–H and O–H groups in total. The van der Waals surface area contributed by atoms with Crippen LogP contribution in [-0.4, -0.2) is 55.8 Å². The van der Waals surface area contributed by atoms with E-state index in [1.54, 1.807) is 36.4 Å². The molecular formula is C23H26ClN5O4S. The van der Waals surface area contributed by atoms with Gasteiger partial charge in [-0.2, -0.15) is 4.98 Å². The maximum absolute atomic E-state index is 12.9. The Balaban J connectivity index is 1.37. The zero-order chi connectivity index (χ0) is 24.3. The monoisotopic (exact) mass is 503 g/mol. The highest BCUT2D eigenvalue weighted by Crippen LogP contribution is 2.24. The van der Waals surface area contributed by atoms with Crippen molar-refractivity contribution in [3.05, 3.63) is 59.4 Å². The summed E-state index contributed by atoms with van der Waals surface area (Å²) in [5.74, 6) is 0.680. The molecule has 1 aromatic heterocycles. The third-order valence-electron chi connectivity index (χ3n) is 5.78.